The summed E-state index contributed by atoms with van der Waals surface area (Å²) in [7, 11) is 1.39. The predicted molar refractivity (Wildman–Crippen MR) is 55.4 cm³/mol. The third-order valence-electron chi connectivity index (χ3n) is 1.14. The summed E-state index contributed by atoms with van der Waals surface area (Å²) in [4.78, 5) is 11.1. The van der Waals surface area contributed by atoms with Crippen LogP contribution in [0.3, 0.4) is 0 Å². The molecule has 0 spiro atoms. The van der Waals surface area contributed by atoms with Crippen LogP contribution in [0, 0.1) is 0 Å². The molecule has 0 saturated heterocycles. The van der Waals surface area contributed by atoms with Gasteiger partial charge in [-0.2, -0.15) is 11.8 Å². The van der Waals surface area contributed by atoms with E-state index in [1.807, 2.05) is 0 Å². The molecule has 0 amide bonds. The van der Waals surface area contributed by atoms with Gasteiger partial charge in [-0.15, -0.1) is 0 Å². The molecule has 0 fully saturated rings. The SMILES string of the molecule is COC(=O)CCCSCC(N)=S. The van der Waals surface area contributed by atoms with E-state index < -0.39 is 0 Å². The topological polar surface area (TPSA) is 52.3 Å². The van der Waals surface area contributed by atoms with Gasteiger partial charge in [0.1, 0.15) is 0 Å². The number of esters is 1. The number of carbonyl (C=O) groups excluding carboxylic acids is 1. The van der Waals surface area contributed by atoms with E-state index in [-0.39, 0.29) is 5.97 Å². The molecule has 0 unspecified atom stereocenters. The van der Waals surface area contributed by atoms with Crippen LogP contribution in [0.2, 0.25) is 0 Å². The highest BCUT2D eigenvalue weighted by Crippen LogP contribution is 2.04. The summed E-state index contributed by atoms with van der Waals surface area (Å²) in [6, 6.07) is 0. The van der Waals surface area contributed by atoms with Crippen molar-refractivity contribution in [1.29, 1.82) is 0 Å². The van der Waals surface area contributed by atoms with Crippen molar-refractivity contribution >= 4 is 34.9 Å². The fraction of sp³-hybridized carbons (Fsp3) is 0.714. The van der Waals surface area contributed by atoms with Crippen LogP contribution >= 0.6 is 24.0 Å². The molecule has 2 N–H and O–H groups in total. The van der Waals surface area contributed by atoms with Gasteiger partial charge < -0.3 is 10.5 Å². The molecule has 0 bridgehead atoms. The Morgan fingerprint density at radius 2 is 2.33 bits per heavy atom. The third kappa shape index (κ3) is 7.81. The maximum Gasteiger partial charge on any atom is 0.305 e. The second kappa shape index (κ2) is 7.36. The Bertz CT molecular complexity index is 161. The minimum atomic E-state index is -0.161. The van der Waals surface area contributed by atoms with Crippen molar-refractivity contribution in [2.24, 2.45) is 5.73 Å². The van der Waals surface area contributed by atoms with Crippen LogP contribution in [-0.4, -0.2) is 29.6 Å². The minimum absolute atomic E-state index is 0.161. The van der Waals surface area contributed by atoms with Gasteiger partial charge in [0, 0.05) is 12.2 Å². The lowest BCUT2D eigenvalue weighted by atomic mass is 10.3. The van der Waals surface area contributed by atoms with Crippen LogP contribution in [0.5, 0.6) is 0 Å². The summed E-state index contributed by atoms with van der Waals surface area (Å²) < 4.78 is 4.48. The maximum absolute atomic E-state index is 10.6. The summed E-state index contributed by atoms with van der Waals surface area (Å²) in [5, 5.41) is 0. The molecule has 3 nitrogen and oxygen atoms in total. The zero-order valence-corrected chi connectivity index (χ0v) is 8.67. The fourth-order valence-electron chi connectivity index (χ4n) is 0.593. The number of ether oxygens (including phenoxy) is 1. The van der Waals surface area contributed by atoms with Crippen molar-refractivity contribution in [3.8, 4) is 0 Å². The summed E-state index contributed by atoms with van der Waals surface area (Å²) in [5.74, 6) is 1.43. The Kier molecular flexibility index (Phi) is 7.19. The van der Waals surface area contributed by atoms with E-state index in [1.165, 1.54) is 7.11 Å². The summed E-state index contributed by atoms with van der Waals surface area (Å²) >= 11 is 6.32. The van der Waals surface area contributed by atoms with Gasteiger partial charge in [0.2, 0.25) is 0 Å². The first-order valence-electron chi connectivity index (χ1n) is 3.59. The van der Waals surface area contributed by atoms with Crippen molar-refractivity contribution in [3.63, 3.8) is 0 Å². The Morgan fingerprint density at radius 1 is 1.67 bits per heavy atom. The number of carbonyl (C=O) groups is 1. The standard InChI is InChI=1S/C7H13NO2S2/c1-10-7(9)3-2-4-12-5-6(8)11/h2-5H2,1H3,(H2,8,11). The first-order valence-corrected chi connectivity index (χ1v) is 5.16. The number of hydrogen-bond donors (Lipinski definition) is 1. The van der Waals surface area contributed by atoms with E-state index in [2.05, 4.69) is 17.0 Å². The molecule has 0 aliphatic carbocycles. The number of nitrogens with two attached hydrogens (primary N) is 1. The molecule has 70 valence electrons. The molecule has 0 saturated carbocycles. The number of rotatable bonds is 6. The van der Waals surface area contributed by atoms with E-state index in [1.54, 1.807) is 11.8 Å². The fourth-order valence-corrected chi connectivity index (χ4v) is 1.54. The molecule has 0 heterocycles. The van der Waals surface area contributed by atoms with Crippen LogP contribution in [0.1, 0.15) is 12.8 Å². The van der Waals surface area contributed by atoms with E-state index in [4.69, 9.17) is 5.73 Å². The number of methoxy groups -OCH3 is 1. The van der Waals surface area contributed by atoms with Crippen molar-refractivity contribution in [3.05, 3.63) is 0 Å². The van der Waals surface area contributed by atoms with E-state index in [0.29, 0.717) is 17.2 Å². The van der Waals surface area contributed by atoms with Gasteiger partial charge in [0.05, 0.1) is 12.1 Å². The van der Waals surface area contributed by atoms with Crippen LogP contribution in [-0.2, 0) is 9.53 Å². The van der Waals surface area contributed by atoms with Crippen molar-refractivity contribution < 1.29 is 9.53 Å². The summed E-state index contributed by atoms with van der Waals surface area (Å²) in [6.07, 6.45) is 1.29. The second-order valence-corrected chi connectivity index (χ2v) is 3.83. The molecular formula is C7H13NO2S2. The lowest BCUT2D eigenvalue weighted by molar-refractivity contribution is -0.140. The second-order valence-electron chi connectivity index (χ2n) is 2.20. The Hall–Kier alpha value is -0.290. The average molecular weight is 207 g/mol. The van der Waals surface area contributed by atoms with Crippen LogP contribution < -0.4 is 5.73 Å². The first-order chi connectivity index (χ1) is 5.66. The van der Waals surface area contributed by atoms with Gasteiger partial charge in [0.25, 0.3) is 0 Å². The predicted octanol–water partition coefficient (Wildman–Crippen LogP) is 0.959. The Morgan fingerprint density at radius 3 is 2.83 bits per heavy atom. The molecule has 0 radical (unpaired) electrons. The van der Waals surface area contributed by atoms with Crippen molar-refractivity contribution in [2.75, 3.05) is 18.6 Å². The lowest BCUT2D eigenvalue weighted by Crippen LogP contribution is -2.10. The number of thiocarbonyl (C=S) groups is 1. The van der Waals surface area contributed by atoms with Crippen LogP contribution in [0.15, 0.2) is 0 Å². The van der Waals surface area contributed by atoms with Crippen LogP contribution in [0.25, 0.3) is 0 Å². The highest BCUT2D eigenvalue weighted by Gasteiger charge is 1.99. The molecule has 0 atom stereocenters. The molecule has 12 heavy (non-hydrogen) atoms. The van der Waals surface area contributed by atoms with E-state index in [0.717, 1.165) is 12.2 Å². The van der Waals surface area contributed by atoms with E-state index in [9.17, 15) is 4.79 Å². The lowest BCUT2D eigenvalue weighted by Gasteiger charge is -1.99. The molecule has 0 aromatic heterocycles. The smallest absolute Gasteiger partial charge is 0.305 e. The van der Waals surface area contributed by atoms with Crippen LogP contribution in [0.4, 0.5) is 0 Å². The van der Waals surface area contributed by atoms with Gasteiger partial charge in [-0.05, 0) is 12.2 Å². The molecule has 0 aromatic rings. The number of hydrogen-bond acceptors (Lipinski definition) is 4. The minimum Gasteiger partial charge on any atom is -0.469 e. The molecule has 0 aliphatic rings. The van der Waals surface area contributed by atoms with Gasteiger partial charge in [-0.3, -0.25) is 4.79 Å². The third-order valence-corrected chi connectivity index (χ3v) is 2.56. The van der Waals surface area contributed by atoms with Crippen molar-refractivity contribution in [2.45, 2.75) is 12.8 Å². The largest absolute Gasteiger partial charge is 0.469 e. The van der Waals surface area contributed by atoms with E-state index >= 15 is 0 Å². The maximum atomic E-state index is 10.6. The summed E-state index contributed by atoms with van der Waals surface area (Å²) in [6.45, 7) is 0. The van der Waals surface area contributed by atoms with Gasteiger partial charge in [0.15, 0.2) is 0 Å². The Balaban J connectivity index is 3.11. The quantitative estimate of drug-likeness (QED) is 0.399. The normalized spacial score (nSPS) is 9.42. The molecule has 0 aliphatic heterocycles. The Labute approximate surface area is 82.0 Å². The zero-order valence-electron chi connectivity index (χ0n) is 7.04. The number of thioether (sulfide) groups is 1. The average Bonchev–Trinajstić information content (AvgIpc) is 2.03. The molecule has 0 aromatic carbocycles. The highest BCUT2D eigenvalue weighted by atomic mass is 32.2. The first kappa shape index (κ1) is 11.7. The van der Waals surface area contributed by atoms with Crippen molar-refractivity contribution in [1.82, 2.24) is 0 Å². The van der Waals surface area contributed by atoms with Gasteiger partial charge in [-0.1, -0.05) is 12.2 Å². The summed E-state index contributed by atoms with van der Waals surface area (Å²) in [5.41, 5.74) is 5.28. The van der Waals surface area contributed by atoms with Gasteiger partial charge in [-0.25, -0.2) is 0 Å². The molecule has 5 heteroatoms. The molecule has 0 rings (SSSR count). The molecular weight excluding hydrogens is 194 g/mol. The highest BCUT2D eigenvalue weighted by molar-refractivity contribution is 8.01. The van der Waals surface area contributed by atoms with Gasteiger partial charge >= 0.3 is 5.97 Å². The zero-order chi connectivity index (χ0) is 9.40. The monoisotopic (exact) mass is 207 g/mol.